The lowest BCUT2D eigenvalue weighted by atomic mass is 10.0. The van der Waals surface area contributed by atoms with Crippen LogP contribution < -0.4 is 0 Å². The number of sulfone groups is 1. The van der Waals surface area contributed by atoms with Gasteiger partial charge in [-0.25, -0.2) is 18.4 Å². The molecule has 0 aliphatic carbocycles. The first-order valence-corrected chi connectivity index (χ1v) is 13.2. The van der Waals surface area contributed by atoms with Gasteiger partial charge in [-0.2, -0.15) is 0 Å². The number of aryl methyl sites for hydroxylation is 2. The van der Waals surface area contributed by atoms with E-state index in [4.69, 9.17) is 4.98 Å². The summed E-state index contributed by atoms with van der Waals surface area (Å²) in [5.74, 6) is 0.847. The highest BCUT2D eigenvalue weighted by Gasteiger charge is 2.20. The Bertz CT molecular complexity index is 1890. The van der Waals surface area contributed by atoms with Crippen molar-refractivity contribution in [3.63, 3.8) is 0 Å². The van der Waals surface area contributed by atoms with E-state index in [0.717, 1.165) is 50.0 Å². The van der Waals surface area contributed by atoms with Crippen molar-refractivity contribution in [3.05, 3.63) is 115 Å². The number of pyridine rings is 2. The van der Waals surface area contributed by atoms with Crippen LogP contribution in [0.4, 0.5) is 0 Å². The fourth-order valence-electron chi connectivity index (χ4n) is 4.67. The van der Waals surface area contributed by atoms with Gasteiger partial charge >= 0.3 is 0 Å². The molecule has 36 heavy (non-hydrogen) atoms. The average Bonchev–Trinajstić information content (AvgIpc) is 3.22. The molecule has 0 aliphatic heterocycles. The van der Waals surface area contributed by atoms with Gasteiger partial charge < -0.3 is 0 Å². The minimum Gasteiger partial charge on any atom is -0.294 e. The first kappa shape index (κ1) is 22.2. The van der Waals surface area contributed by atoms with Gasteiger partial charge in [-0.3, -0.25) is 4.57 Å². The predicted molar refractivity (Wildman–Crippen MR) is 143 cm³/mol. The summed E-state index contributed by atoms with van der Waals surface area (Å²) in [5.41, 5.74) is 5.62. The molecule has 176 valence electrons. The van der Waals surface area contributed by atoms with Crippen LogP contribution in [0.3, 0.4) is 0 Å². The van der Waals surface area contributed by atoms with Crippen molar-refractivity contribution < 1.29 is 8.42 Å². The molecule has 3 aromatic heterocycles. The number of hydrogen-bond donors (Lipinski definition) is 0. The van der Waals surface area contributed by atoms with Crippen LogP contribution in [0.2, 0.25) is 0 Å². The van der Waals surface area contributed by atoms with Gasteiger partial charge in [0.05, 0.1) is 15.9 Å². The van der Waals surface area contributed by atoms with Crippen molar-refractivity contribution in [2.24, 2.45) is 0 Å². The summed E-state index contributed by atoms with van der Waals surface area (Å²) < 4.78 is 28.8. The molecule has 0 N–H and O–H groups in total. The van der Waals surface area contributed by atoms with E-state index < -0.39 is 9.84 Å². The van der Waals surface area contributed by atoms with Gasteiger partial charge in [0.2, 0.25) is 9.84 Å². The highest BCUT2D eigenvalue weighted by atomic mass is 32.2. The third kappa shape index (κ3) is 3.67. The minimum absolute atomic E-state index is 0.0562. The summed E-state index contributed by atoms with van der Waals surface area (Å²) in [5, 5.41) is 2.32. The van der Waals surface area contributed by atoms with Crippen LogP contribution in [0.25, 0.3) is 38.8 Å². The van der Waals surface area contributed by atoms with Crippen LogP contribution in [0.15, 0.2) is 113 Å². The van der Waals surface area contributed by atoms with Gasteiger partial charge in [0.15, 0.2) is 5.03 Å². The molecule has 6 heteroatoms. The number of aromatic nitrogens is 3. The molecule has 5 nitrogen and oxygen atoms in total. The third-order valence-corrected chi connectivity index (χ3v) is 8.07. The summed E-state index contributed by atoms with van der Waals surface area (Å²) >= 11 is 0. The van der Waals surface area contributed by atoms with E-state index in [1.54, 1.807) is 30.3 Å². The fourth-order valence-corrected chi connectivity index (χ4v) is 5.99. The second kappa shape index (κ2) is 8.43. The molecule has 0 saturated heterocycles. The van der Waals surface area contributed by atoms with Crippen molar-refractivity contribution >= 4 is 31.6 Å². The van der Waals surface area contributed by atoms with Crippen molar-refractivity contribution in [1.29, 1.82) is 0 Å². The zero-order valence-electron chi connectivity index (χ0n) is 19.9. The summed E-state index contributed by atoms with van der Waals surface area (Å²) in [7, 11) is -3.74. The second-order valence-electron chi connectivity index (χ2n) is 8.92. The predicted octanol–water partition coefficient (Wildman–Crippen LogP) is 6.69. The second-order valence-corrected chi connectivity index (χ2v) is 10.8. The normalized spacial score (nSPS) is 11.8. The zero-order chi connectivity index (χ0) is 24.9. The van der Waals surface area contributed by atoms with Gasteiger partial charge in [0, 0.05) is 22.7 Å². The van der Waals surface area contributed by atoms with Crippen LogP contribution in [0.1, 0.15) is 11.3 Å². The van der Waals surface area contributed by atoms with E-state index in [1.807, 2.05) is 56.3 Å². The lowest BCUT2D eigenvalue weighted by molar-refractivity contribution is 0.592. The minimum atomic E-state index is -3.74. The van der Waals surface area contributed by atoms with Crippen LogP contribution in [-0.2, 0) is 9.84 Å². The monoisotopic (exact) mass is 489 g/mol. The quantitative estimate of drug-likeness (QED) is 0.277. The Morgan fingerprint density at radius 3 is 2.31 bits per heavy atom. The molecule has 6 rings (SSSR count). The number of fused-ring (bicyclic) bond motifs is 3. The Balaban J connectivity index is 1.54. The fraction of sp³-hybridized carbons (Fsp3) is 0.0667. The van der Waals surface area contributed by atoms with Crippen LogP contribution in [0, 0.1) is 13.8 Å². The third-order valence-electron chi connectivity index (χ3n) is 6.42. The standard InChI is InChI=1S/C30H23N3O2S/c1-20-15-16-31-30(17-20)36(34,35)24-9-6-8-22(18-24)23-13-14-26-25-10-3-4-11-27(25)33(28(26)19-23)29-12-5-7-21(2)32-29/h3-19H,1-2H3. The van der Waals surface area contributed by atoms with E-state index in [2.05, 4.69) is 33.8 Å². The topological polar surface area (TPSA) is 64.8 Å². The Labute approximate surface area is 209 Å². The number of nitrogens with zero attached hydrogens (tertiary/aromatic N) is 3. The Kier molecular flexibility index (Phi) is 5.20. The first-order valence-electron chi connectivity index (χ1n) is 11.7. The molecule has 0 fully saturated rings. The van der Waals surface area contributed by atoms with E-state index in [-0.39, 0.29) is 9.92 Å². The maximum absolute atomic E-state index is 13.3. The molecule has 0 bridgehead atoms. The molecule has 3 aromatic carbocycles. The molecule has 3 heterocycles. The molecule has 0 saturated carbocycles. The average molecular weight is 490 g/mol. The highest BCUT2D eigenvalue weighted by molar-refractivity contribution is 7.91. The summed E-state index contributed by atoms with van der Waals surface area (Å²) in [6.07, 6.45) is 1.53. The molecule has 0 unspecified atom stereocenters. The van der Waals surface area contributed by atoms with Crippen molar-refractivity contribution in [3.8, 4) is 16.9 Å². The molecule has 6 aromatic rings. The largest absolute Gasteiger partial charge is 0.294 e. The van der Waals surface area contributed by atoms with E-state index in [1.165, 1.54) is 6.20 Å². The molecule has 0 radical (unpaired) electrons. The van der Waals surface area contributed by atoms with Crippen molar-refractivity contribution in [1.82, 2.24) is 14.5 Å². The van der Waals surface area contributed by atoms with Crippen LogP contribution in [0.5, 0.6) is 0 Å². The molecular formula is C30H23N3O2S. The molecular weight excluding hydrogens is 466 g/mol. The summed E-state index contributed by atoms with van der Waals surface area (Å²) in [6.45, 7) is 3.84. The maximum atomic E-state index is 13.3. The maximum Gasteiger partial charge on any atom is 0.223 e. The van der Waals surface area contributed by atoms with E-state index in [0.29, 0.717) is 0 Å². The first-order chi connectivity index (χ1) is 17.4. The molecule has 0 atom stereocenters. The van der Waals surface area contributed by atoms with Gasteiger partial charge in [0.1, 0.15) is 5.82 Å². The van der Waals surface area contributed by atoms with Crippen molar-refractivity contribution in [2.45, 2.75) is 23.8 Å². The lowest BCUT2D eigenvalue weighted by Gasteiger charge is -2.10. The number of para-hydroxylation sites is 1. The number of benzene rings is 3. The smallest absolute Gasteiger partial charge is 0.223 e. The zero-order valence-corrected chi connectivity index (χ0v) is 20.7. The Morgan fingerprint density at radius 1 is 0.694 bits per heavy atom. The SMILES string of the molecule is Cc1ccnc(S(=O)(=O)c2cccc(-c3ccc4c5ccccc5n(-c5cccc(C)n5)c4c3)c2)c1. The van der Waals surface area contributed by atoms with Gasteiger partial charge in [0.25, 0.3) is 0 Å². The molecule has 0 aliphatic rings. The van der Waals surface area contributed by atoms with Crippen LogP contribution >= 0.6 is 0 Å². The van der Waals surface area contributed by atoms with Gasteiger partial charge in [-0.15, -0.1) is 0 Å². The number of rotatable bonds is 4. The van der Waals surface area contributed by atoms with Gasteiger partial charge in [-0.1, -0.05) is 48.5 Å². The Morgan fingerprint density at radius 2 is 1.47 bits per heavy atom. The Hall–Kier alpha value is -4.29. The number of hydrogen-bond acceptors (Lipinski definition) is 4. The van der Waals surface area contributed by atoms with Gasteiger partial charge in [-0.05, 0) is 79.1 Å². The van der Waals surface area contributed by atoms with Crippen molar-refractivity contribution in [2.75, 3.05) is 0 Å². The van der Waals surface area contributed by atoms with E-state index in [9.17, 15) is 8.42 Å². The summed E-state index contributed by atoms with van der Waals surface area (Å²) in [6, 6.07) is 31.0. The van der Waals surface area contributed by atoms with Crippen LogP contribution in [-0.4, -0.2) is 23.0 Å². The highest BCUT2D eigenvalue weighted by Crippen LogP contribution is 2.35. The molecule has 0 amide bonds. The lowest BCUT2D eigenvalue weighted by Crippen LogP contribution is -2.04. The molecule has 0 spiro atoms. The summed E-state index contributed by atoms with van der Waals surface area (Å²) in [4.78, 5) is 9.11. The van der Waals surface area contributed by atoms with E-state index >= 15 is 0 Å².